The molecule has 1 aromatic carbocycles. The van der Waals surface area contributed by atoms with Crippen LogP contribution < -0.4 is 5.32 Å². The number of amidine groups is 1. The summed E-state index contributed by atoms with van der Waals surface area (Å²) in [6.07, 6.45) is 4.23. The van der Waals surface area contributed by atoms with Crippen LogP contribution in [0.15, 0.2) is 29.3 Å². The zero-order valence-electron chi connectivity index (χ0n) is 16.0. The summed E-state index contributed by atoms with van der Waals surface area (Å²) in [5, 5.41) is 3.32. The number of nitrogens with zero attached hydrogens (tertiary/aromatic N) is 2. The monoisotopic (exact) mass is 375 g/mol. The molecule has 142 valence electrons. The van der Waals surface area contributed by atoms with Gasteiger partial charge in [-0.1, -0.05) is 56.7 Å². The highest BCUT2D eigenvalue weighted by molar-refractivity contribution is 8.15. The number of hydrogen-bond donors (Lipinski definition) is 1. The lowest BCUT2D eigenvalue weighted by molar-refractivity contribution is -0.128. The summed E-state index contributed by atoms with van der Waals surface area (Å²) in [5.74, 6) is -0.117. The molecule has 1 atom stereocenters. The molecule has 0 aromatic heterocycles. The predicted octanol–water partition coefficient (Wildman–Crippen LogP) is 4.22. The first-order chi connectivity index (χ1) is 12.6. The molecule has 1 N–H and O–H groups in total. The van der Waals surface area contributed by atoms with Crippen LogP contribution in [0.3, 0.4) is 0 Å². The van der Waals surface area contributed by atoms with Crippen molar-refractivity contribution in [2.45, 2.75) is 58.1 Å². The second kappa shape index (κ2) is 10.4. The van der Waals surface area contributed by atoms with Crippen LogP contribution in [-0.4, -0.2) is 40.2 Å². The SMILES string of the molecule is CCCCN=C1S[C@H](CC(=O)Nc2ccccc2C)C(=O)N1CCCC. The minimum Gasteiger partial charge on any atom is -0.326 e. The fourth-order valence-corrected chi connectivity index (χ4v) is 3.89. The molecule has 5 nitrogen and oxygen atoms in total. The van der Waals surface area contributed by atoms with E-state index < -0.39 is 0 Å². The molecular formula is C20H29N3O2S. The largest absolute Gasteiger partial charge is 0.326 e. The van der Waals surface area contributed by atoms with E-state index in [-0.39, 0.29) is 23.5 Å². The lowest BCUT2D eigenvalue weighted by Crippen LogP contribution is -2.34. The van der Waals surface area contributed by atoms with Gasteiger partial charge in [-0.3, -0.25) is 19.5 Å². The average Bonchev–Trinajstić information content (AvgIpc) is 2.90. The maximum atomic E-state index is 12.8. The van der Waals surface area contributed by atoms with Gasteiger partial charge in [-0.05, 0) is 31.4 Å². The van der Waals surface area contributed by atoms with E-state index in [2.05, 4.69) is 24.2 Å². The van der Waals surface area contributed by atoms with Gasteiger partial charge in [0.15, 0.2) is 5.17 Å². The van der Waals surface area contributed by atoms with Gasteiger partial charge < -0.3 is 5.32 Å². The number of carbonyl (C=O) groups excluding carboxylic acids is 2. The molecule has 6 heteroatoms. The summed E-state index contributed by atoms with van der Waals surface area (Å²) in [5.41, 5.74) is 1.81. The van der Waals surface area contributed by atoms with Gasteiger partial charge in [-0.2, -0.15) is 0 Å². The zero-order chi connectivity index (χ0) is 18.9. The third-order valence-corrected chi connectivity index (χ3v) is 5.52. The Hall–Kier alpha value is -1.82. The molecule has 2 amide bonds. The van der Waals surface area contributed by atoms with E-state index in [1.54, 1.807) is 4.90 Å². The Bertz CT molecular complexity index is 660. The number of unbranched alkanes of at least 4 members (excludes halogenated alkanes) is 2. The van der Waals surface area contributed by atoms with E-state index in [0.29, 0.717) is 6.54 Å². The highest BCUT2D eigenvalue weighted by Crippen LogP contribution is 2.30. The lowest BCUT2D eigenvalue weighted by Gasteiger charge is -2.16. The molecule has 0 bridgehead atoms. The summed E-state index contributed by atoms with van der Waals surface area (Å²) < 4.78 is 0. The number of nitrogens with one attached hydrogen (secondary N) is 1. The first-order valence-electron chi connectivity index (χ1n) is 9.44. The molecular weight excluding hydrogens is 346 g/mol. The Kier molecular flexibility index (Phi) is 8.16. The second-order valence-electron chi connectivity index (χ2n) is 6.53. The van der Waals surface area contributed by atoms with Gasteiger partial charge in [-0.25, -0.2) is 0 Å². The molecule has 1 fully saturated rings. The van der Waals surface area contributed by atoms with Crippen LogP contribution in [0.1, 0.15) is 51.5 Å². The fourth-order valence-electron chi connectivity index (χ4n) is 2.70. The van der Waals surface area contributed by atoms with Crippen molar-refractivity contribution in [3.8, 4) is 0 Å². The van der Waals surface area contributed by atoms with Crippen molar-refractivity contribution in [2.75, 3.05) is 18.4 Å². The molecule has 1 aliphatic heterocycles. The van der Waals surface area contributed by atoms with E-state index in [0.717, 1.165) is 48.6 Å². The van der Waals surface area contributed by atoms with Crippen LogP contribution in [0.5, 0.6) is 0 Å². The van der Waals surface area contributed by atoms with E-state index in [9.17, 15) is 9.59 Å². The van der Waals surface area contributed by atoms with E-state index >= 15 is 0 Å². The third-order valence-electron chi connectivity index (χ3n) is 4.30. The van der Waals surface area contributed by atoms with Gasteiger partial charge in [0.25, 0.3) is 0 Å². The second-order valence-corrected chi connectivity index (χ2v) is 7.70. The number of carbonyl (C=O) groups is 2. The standard InChI is InChI=1S/C20H29N3O2S/c1-4-6-12-21-20-23(13-7-5-2)19(25)17(26-20)14-18(24)22-16-11-9-8-10-15(16)3/h8-11,17H,4-7,12-14H2,1-3H3,(H,22,24)/t17-/m1/s1. The van der Waals surface area contributed by atoms with E-state index in [1.165, 1.54) is 11.8 Å². The number of para-hydroxylation sites is 1. The number of anilines is 1. The summed E-state index contributed by atoms with van der Waals surface area (Å²) in [6.45, 7) is 7.60. The number of aliphatic imine (C=N–C) groups is 1. The number of amides is 2. The minimum absolute atomic E-state index is 0.0126. The summed E-state index contributed by atoms with van der Waals surface area (Å²) in [4.78, 5) is 31.6. The highest BCUT2D eigenvalue weighted by Gasteiger charge is 2.38. The van der Waals surface area contributed by atoms with Crippen LogP contribution in [0.4, 0.5) is 5.69 Å². The number of thioether (sulfide) groups is 1. The van der Waals surface area contributed by atoms with Crippen LogP contribution in [0.25, 0.3) is 0 Å². The molecule has 0 aliphatic carbocycles. The van der Waals surface area contributed by atoms with Crippen molar-refractivity contribution in [1.29, 1.82) is 0 Å². The minimum atomic E-state index is -0.378. The zero-order valence-corrected chi connectivity index (χ0v) is 16.8. The Morgan fingerprint density at radius 1 is 1.23 bits per heavy atom. The van der Waals surface area contributed by atoms with E-state index in [4.69, 9.17) is 0 Å². The normalized spacial score (nSPS) is 18.6. The molecule has 0 radical (unpaired) electrons. The lowest BCUT2D eigenvalue weighted by atomic mass is 10.2. The van der Waals surface area contributed by atoms with Crippen molar-refractivity contribution in [1.82, 2.24) is 4.90 Å². The smallest absolute Gasteiger partial charge is 0.242 e. The molecule has 0 unspecified atom stereocenters. The summed E-state index contributed by atoms with van der Waals surface area (Å²) in [6, 6.07) is 7.66. The van der Waals surface area contributed by atoms with Gasteiger partial charge in [0.05, 0.1) is 0 Å². The van der Waals surface area contributed by atoms with Crippen molar-refractivity contribution in [2.24, 2.45) is 4.99 Å². The molecule has 26 heavy (non-hydrogen) atoms. The van der Waals surface area contributed by atoms with E-state index in [1.807, 2.05) is 31.2 Å². The van der Waals surface area contributed by atoms with Crippen molar-refractivity contribution in [3.05, 3.63) is 29.8 Å². The van der Waals surface area contributed by atoms with Crippen molar-refractivity contribution < 1.29 is 9.59 Å². The van der Waals surface area contributed by atoms with Crippen LogP contribution in [0.2, 0.25) is 0 Å². The Balaban J connectivity index is 2.01. The number of aryl methyl sites for hydroxylation is 1. The Morgan fingerprint density at radius 2 is 1.96 bits per heavy atom. The molecule has 0 spiro atoms. The van der Waals surface area contributed by atoms with Gasteiger partial charge >= 0.3 is 0 Å². The fraction of sp³-hybridized carbons (Fsp3) is 0.550. The number of benzene rings is 1. The van der Waals surface area contributed by atoms with Crippen LogP contribution >= 0.6 is 11.8 Å². The topological polar surface area (TPSA) is 61.8 Å². The maximum absolute atomic E-state index is 12.8. The molecule has 2 rings (SSSR count). The number of rotatable bonds is 9. The van der Waals surface area contributed by atoms with Gasteiger partial charge in [-0.15, -0.1) is 0 Å². The molecule has 0 saturated carbocycles. The predicted molar refractivity (Wildman–Crippen MR) is 110 cm³/mol. The summed E-state index contributed by atoms with van der Waals surface area (Å²) >= 11 is 1.44. The van der Waals surface area contributed by atoms with Crippen molar-refractivity contribution in [3.63, 3.8) is 0 Å². The Labute approximate surface area is 160 Å². The average molecular weight is 376 g/mol. The first kappa shape index (κ1) is 20.5. The van der Waals surface area contributed by atoms with Crippen LogP contribution in [-0.2, 0) is 9.59 Å². The summed E-state index contributed by atoms with van der Waals surface area (Å²) in [7, 11) is 0. The number of hydrogen-bond acceptors (Lipinski definition) is 4. The van der Waals surface area contributed by atoms with Gasteiger partial charge in [0.2, 0.25) is 11.8 Å². The highest BCUT2D eigenvalue weighted by atomic mass is 32.2. The first-order valence-corrected chi connectivity index (χ1v) is 10.3. The Morgan fingerprint density at radius 3 is 2.65 bits per heavy atom. The van der Waals surface area contributed by atoms with Crippen molar-refractivity contribution >= 4 is 34.4 Å². The van der Waals surface area contributed by atoms with Crippen LogP contribution in [0, 0.1) is 6.92 Å². The molecule has 1 aromatic rings. The molecule has 1 aliphatic rings. The van der Waals surface area contributed by atoms with Gasteiger partial charge in [0.1, 0.15) is 5.25 Å². The molecule has 1 heterocycles. The molecule has 1 saturated heterocycles. The quantitative estimate of drug-likeness (QED) is 0.657. The third kappa shape index (κ3) is 5.59. The maximum Gasteiger partial charge on any atom is 0.242 e. The van der Waals surface area contributed by atoms with Gasteiger partial charge in [0, 0.05) is 25.2 Å².